The molecule has 1 aliphatic heterocycles. The molecule has 5 rings (SSSR count). The number of morpholine rings is 1. The minimum absolute atomic E-state index is 0.394. The summed E-state index contributed by atoms with van der Waals surface area (Å²) in [5.41, 5.74) is 9.98. The first-order chi connectivity index (χ1) is 17.5. The number of nitrogens with zero attached hydrogens (tertiary/aromatic N) is 5. The topological polar surface area (TPSA) is 89.5 Å². The van der Waals surface area contributed by atoms with Crippen LogP contribution in [-0.4, -0.2) is 76.7 Å². The molecule has 1 amide bonds. The molecule has 10 heteroatoms. The second kappa shape index (κ2) is 11.1. The van der Waals surface area contributed by atoms with Crippen LogP contribution in [0.3, 0.4) is 0 Å². The van der Waals surface area contributed by atoms with E-state index in [1.54, 1.807) is 18.5 Å². The average molecular weight is 525 g/mol. The number of carbonyl (C=O) groups excluding carboxylic acids is 1. The van der Waals surface area contributed by atoms with Crippen LogP contribution in [0.15, 0.2) is 48.8 Å². The molecule has 0 aliphatic carbocycles. The summed E-state index contributed by atoms with van der Waals surface area (Å²) in [6, 6.07) is 13.6. The number of rotatable bonds is 9. The number of thiazole rings is 1. The number of imidazole rings is 1. The van der Waals surface area contributed by atoms with Crippen molar-refractivity contribution in [2.45, 2.75) is 13.0 Å². The first-order valence-corrected chi connectivity index (χ1v) is 13.2. The first kappa shape index (κ1) is 24.9. The van der Waals surface area contributed by atoms with Crippen molar-refractivity contribution in [1.29, 1.82) is 0 Å². The standard InChI is InChI=1S/C26H29ClN6O2S/c1-31(8-3-9-32-10-12-35-13-11-32)16-18-6-7-21-22(14-18)33(17-29-21)26-30-23(24(36-26)25(28)34)19-4-2-5-20(27)15-19/h2,4-7,14-15,17H,3,8-13,16H2,1H3,(H2,28,34). The van der Waals surface area contributed by atoms with E-state index in [1.807, 2.05) is 22.8 Å². The van der Waals surface area contributed by atoms with Crippen LogP contribution in [-0.2, 0) is 11.3 Å². The van der Waals surface area contributed by atoms with Crippen molar-refractivity contribution in [2.24, 2.45) is 5.73 Å². The third-order valence-corrected chi connectivity index (χ3v) is 7.63. The Bertz CT molecular complexity index is 1360. The first-order valence-electron chi connectivity index (χ1n) is 12.0. The van der Waals surface area contributed by atoms with Crippen molar-refractivity contribution in [1.82, 2.24) is 24.3 Å². The highest BCUT2D eigenvalue weighted by Crippen LogP contribution is 2.32. The second-order valence-electron chi connectivity index (χ2n) is 9.03. The van der Waals surface area contributed by atoms with E-state index in [0.717, 1.165) is 69.0 Å². The maximum atomic E-state index is 12.2. The number of fused-ring (bicyclic) bond motifs is 1. The highest BCUT2D eigenvalue weighted by Gasteiger charge is 2.20. The SMILES string of the molecule is CN(CCCN1CCOCC1)Cc1ccc2ncn(-c3nc(-c4cccc(Cl)c4)c(C(N)=O)s3)c2c1. The van der Waals surface area contributed by atoms with Gasteiger partial charge in [-0.15, -0.1) is 0 Å². The molecule has 0 bridgehead atoms. The molecule has 1 aliphatic rings. The van der Waals surface area contributed by atoms with Crippen molar-refractivity contribution in [3.05, 3.63) is 64.3 Å². The van der Waals surface area contributed by atoms with Gasteiger partial charge in [-0.25, -0.2) is 9.97 Å². The molecule has 188 valence electrons. The molecule has 4 aromatic rings. The molecule has 2 aromatic carbocycles. The van der Waals surface area contributed by atoms with E-state index in [1.165, 1.54) is 16.9 Å². The minimum atomic E-state index is -0.516. The number of ether oxygens (including phenoxy) is 1. The summed E-state index contributed by atoms with van der Waals surface area (Å²) in [6.45, 7) is 6.68. The van der Waals surface area contributed by atoms with Gasteiger partial charge in [-0.3, -0.25) is 14.3 Å². The summed E-state index contributed by atoms with van der Waals surface area (Å²) in [5.74, 6) is -0.516. The van der Waals surface area contributed by atoms with Gasteiger partial charge >= 0.3 is 0 Å². The summed E-state index contributed by atoms with van der Waals surface area (Å²) in [7, 11) is 2.15. The number of aromatic nitrogens is 3. The lowest BCUT2D eigenvalue weighted by Gasteiger charge is -2.27. The Morgan fingerprint density at radius 1 is 1.22 bits per heavy atom. The van der Waals surface area contributed by atoms with E-state index in [2.05, 4.69) is 34.0 Å². The van der Waals surface area contributed by atoms with E-state index in [0.29, 0.717) is 20.7 Å². The van der Waals surface area contributed by atoms with Crippen LogP contribution < -0.4 is 5.73 Å². The van der Waals surface area contributed by atoms with Gasteiger partial charge < -0.3 is 15.4 Å². The molecule has 0 unspecified atom stereocenters. The summed E-state index contributed by atoms with van der Waals surface area (Å²) in [4.78, 5) is 26.7. The van der Waals surface area contributed by atoms with Gasteiger partial charge in [-0.1, -0.05) is 41.1 Å². The van der Waals surface area contributed by atoms with Gasteiger partial charge in [0.1, 0.15) is 11.2 Å². The molecular formula is C26H29ClN6O2S. The fourth-order valence-corrected chi connectivity index (χ4v) is 5.61. The van der Waals surface area contributed by atoms with E-state index in [9.17, 15) is 4.79 Å². The van der Waals surface area contributed by atoms with Gasteiger partial charge in [0.2, 0.25) is 0 Å². The molecule has 0 saturated carbocycles. The van der Waals surface area contributed by atoms with Crippen LogP contribution in [0.2, 0.25) is 5.02 Å². The zero-order valence-corrected chi connectivity index (χ0v) is 21.8. The molecule has 1 fully saturated rings. The lowest BCUT2D eigenvalue weighted by molar-refractivity contribution is 0.0363. The predicted molar refractivity (Wildman–Crippen MR) is 144 cm³/mol. The fraction of sp³-hybridized carbons (Fsp3) is 0.346. The lowest BCUT2D eigenvalue weighted by Crippen LogP contribution is -2.37. The average Bonchev–Trinajstić information content (AvgIpc) is 3.49. The maximum Gasteiger partial charge on any atom is 0.261 e. The molecule has 0 radical (unpaired) electrons. The van der Waals surface area contributed by atoms with E-state index < -0.39 is 5.91 Å². The Hall–Kier alpha value is -2.82. The predicted octanol–water partition coefficient (Wildman–Crippen LogP) is 4.06. The molecular weight excluding hydrogens is 496 g/mol. The molecule has 36 heavy (non-hydrogen) atoms. The van der Waals surface area contributed by atoms with Crippen molar-refractivity contribution >= 4 is 39.9 Å². The Balaban J connectivity index is 1.35. The van der Waals surface area contributed by atoms with Crippen LogP contribution in [0.4, 0.5) is 0 Å². The van der Waals surface area contributed by atoms with Crippen LogP contribution in [0.1, 0.15) is 21.7 Å². The molecule has 2 aromatic heterocycles. The quantitative estimate of drug-likeness (QED) is 0.355. The Kier molecular flexibility index (Phi) is 7.64. The highest BCUT2D eigenvalue weighted by atomic mass is 35.5. The van der Waals surface area contributed by atoms with Crippen LogP contribution in [0.5, 0.6) is 0 Å². The van der Waals surface area contributed by atoms with Gasteiger partial charge in [0.05, 0.1) is 29.9 Å². The zero-order chi connectivity index (χ0) is 25.1. The summed E-state index contributed by atoms with van der Waals surface area (Å²) in [6.07, 6.45) is 2.86. The number of nitrogens with two attached hydrogens (primary N) is 1. The van der Waals surface area contributed by atoms with Gasteiger partial charge in [0.25, 0.3) is 5.91 Å². The second-order valence-corrected chi connectivity index (χ2v) is 10.4. The van der Waals surface area contributed by atoms with Crippen LogP contribution in [0.25, 0.3) is 27.4 Å². The number of primary amides is 1. The zero-order valence-electron chi connectivity index (χ0n) is 20.2. The van der Waals surface area contributed by atoms with Crippen LogP contribution >= 0.6 is 22.9 Å². The maximum absolute atomic E-state index is 12.2. The van der Waals surface area contributed by atoms with Gasteiger partial charge in [-0.05, 0) is 56.4 Å². The minimum Gasteiger partial charge on any atom is -0.379 e. The Morgan fingerprint density at radius 3 is 2.83 bits per heavy atom. The summed E-state index contributed by atoms with van der Waals surface area (Å²) >= 11 is 7.43. The van der Waals surface area contributed by atoms with E-state index in [4.69, 9.17) is 27.1 Å². The molecule has 1 saturated heterocycles. The third-order valence-electron chi connectivity index (χ3n) is 6.33. The van der Waals surface area contributed by atoms with Crippen molar-refractivity contribution in [3.63, 3.8) is 0 Å². The normalized spacial score (nSPS) is 14.6. The van der Waals surface area contributed by atoms with Crippen LogP contribution in [0, 0.1) is 0 Å². The number of carbonyl (C=O) groups is 1. The smallest absolute Gasteiger partial charge is 0.261 e. The number of halogens is 1. The van der Waals surface area contributed by atoms with E-state index in [-0.39, 0.29) is 0 Å². The van der Waals surface area contributed by atoms with Crippen molar-refractivity contribution in [2.75, 3.05) is 46.4 Å². The number of benzene rings is 2. The van der Waals surface area contributed by atoms with Crippen molar-refractivity contribution < 1.29 is 9.53 Å². The molecule has 2 N–H and O–H groups in total. The third kappa shape index (κ3) is 5.61. The molecule has 0 atom stereocenters. The number of amides is 1. The van der Waals surface area contributed by atoms with Gasteiger partial charge in [0, 0.05) is 30.2 Å². The summed E-state index contributed by atoms with van der Waals surface area (Å²) < 4.78 is 7.35. The van der Waals surface area contributed by atoms with E-state index >= 15 is 0 Å². The Labute approximate surface area is 219 Å². The number of hydrogen-bond donors (Lipinski definition) is 1. The number of hydrogen-bond acceptors (Lipinski definition) is 7. The fourth-order valence-electron chi connectivity index (χ4n) is 4.49. The van der Waals surface area contributed by atoms with Gasteiger partial charge in [0.15, 0.2) is 5.13 Å². The molecule has 0 spiro atoms. The monoisotopic (exact) mass is 524 g/mol. The largest absolute Gasteiger partial charge is 0.379 e. The highest BCUT2D eigenvalue weighted by molar-refractivity contribution is 7.16. The lowest BCUT2D eigenvalue weighted by atomic mass is 10.1. The summed E-state index contributed by atoms with van der Waals surface area (Å²) in [5, 5.41) is 1.21. The molecule has 3 heterocycles. The Morgan fingerprint density at radius 2 is 2.06 bits per heavy atom. The van der Waals surface area contributed by atoms with Crippen molar-refractivity contribution in [3.8, 4) is 16.4 Å². The van der Waals surface area contributed by atoms with Gasteiger partial charge in [-0.2, -0.15) is 0 Å². The molecule has 8 nitrogen and oxygen atoms in total.